The summed E-state index contributed by atoms with van der Waals surface area (Å²) in [7, 11) is 0. The summed E-state index contributed by atoms with van der Waals surface area (Å²) < 4.78 is 11.4. The van der Waals surface area contributed by atoms with Gasteiger partial charge in [0.25, 0.3) is 0 Å². The zero-order valence-corrected chi connectivity index (χ0v) is 21.1. The lowest BCUT2D eigenvalue weighted by molar-refractivity contribution is -0.132. The third-order valence-corrected chi connectivity index (χ3v) is 6.80. The van der Waals surface area contributed by atoms with Crippen LogP contribution < -0.4 is 10.2 Å². The maximum atomic E-state index is 12.6. The molecule has 0 bridgehead atoms. The van der Waals surface area contributed by atoms with Crippen LogP contribution in [0.4, 0.5) is 0 Å². The van der Waals surface area contributed by atoms with Crippen LogP contribution in [0.1, 0.15) is 23.3 Å². The van der Waals surface area contributed by atoms with Crippen LogP contribution in [0.2, 0.25) is 0 Å². The van der Waals surface area contributed by atoms with Gasteiger partial charge in [0.2, 0.25) is 17.1 Å². The summed E-state index contributed by atoms with van der Waals surface area (Å²) in [5.74, 6) is 1.80. The van der Waals surface area contributed by atoms with Crippen LogP contribution in [0.5, 0.6) is 5.75 Å². The summed E-state index contributed by atoms with van der Waals surface area (Å²) >= 11 is 1.68. The molecule has 1 amide bonds. The number of nitrogens with zero attached hydrogens (tertiary/aromatic N) is 3. The standard InChI is InChI=1S/C28H29N3O4S/c1-36-15-10-28(33)31-13-11-30(12-14-31)18-24-16-26(32)27(20-34-24)35-19-21-6-8-22(9-7-21)25-5-3-2-4-23(25)17-29/h2-9,16,20H,10-15,18-19H2,1H3. The first-order valence-electron chi connectivity index (χ1n) is 11.9. The van der Waals surface area contributed by atoms with Crippen LogP contribution in [-0.2, 0) is 17.9 Å². The van der Waals surface area contributed by atoms with Gasteiger partial charge < -0.3 is 14.1 Å². The fourth-order valence-electron chi connectivity index (χ4n) is 4.12. The molecule has 0 radical (unpaired) electrons. The first-order chi connectivity index (χ1) is 17.6. The van der Waals surface area contributed by atoms with Crippen molar-refractivity contribution < 1.29 is 13.9 Å². The number of rotatable bonds is 9. The molecule has 2 aromatic carbocycles. The van der Waals surface area contributed by atoms with Gasteiger partial charge in [-0.1, -0.05) is 42.5 Å². The van der Waals surface area contributed by atoms with Crippen LogP contribution in [0.25, 0.3) is 11.1 Å². The minimum atomic E-state index is -0.221. The molecule has 2 heterocycles. The highest BCUT2D eigenvalue weighted by Gasteiger charge is 2.21. The zero-order chi connectivity index (χ0) is 25.3. The smallest absolute Gasteiger partial charge is 0.227 e. The number of carbonyl (C=O) groups is 1. The number of hydrogen-bond acceptors (Lipinski definition) is 7. The number of amides is 1. The second-order valence-corrected chi connectivity index (χ2v) is 9.60. The SMILES string of the molecule is CSCCC(=O)N1CCN(Cc2cc(=O)c(OCc3ccc(-c4ccccc4C#N)cc3)co2)CC1. The van der Waals surface area contributed by atoms with Crippen molar-refractivity contribution in [3.05, 3.63) is 88.0 Å². The molecule has 0 saturated carbocycles. The lowest BCUT2D eigenvalue weighted by Crippen LogP contribution is -2.48. The molecule has 0 aliphatic carbocycles. The van der Waals surface area contributed by atoms with Crippen molar-refractivity contribution in [3.63, 3.8) is 0 Å². The Balaban J connectivity index is 1.29. The van der Waals surface area contributed by atoms with E-state index in [0.717, 1.165) is 35.5 Å². The predicted molar refractivity (Wildman–Crippen MR) is 141 cm³/mol. The summed E-state index contributed by atoms with van der Waals surface area (Å²) in [5.41, 5.74) is 3.14. The Morgan fingerprint density at radius 2 is 1.86 bits per heavy atom. The summed E-state index contributed by atoms with van der Waals surface area (Å²) in [4.78, 5) is 28.8. The predicted octanol–water partition coefficient (Wildman–Crippen LogP) is 4.15. The minimum Gasteiger partial charge on any atom is -0.482 e. The molecule has 1 fully saturated rings. The normalized spacial score (nSPS) is 13.8. The minimum absolute atomic E-state index is 0.168. The fourth-order valence-corrected chi connectivity index (χ4v) is 4.50. The van der Waals surface area contributed by atoms with Gasteiger partial charge in [0.1, 0.15) is 18.6 Å². The molecule has 0 unspecified atom stereocenters. The summed E-state index contributed by atoms with van der Waals surface area (Å²) in [6.07, 6.45) is 3.96. The van der Waals surface area contributed by atoms with Gasteiger partial charge in [-0.15, -0.1) is 0 Å². The molecule has 1 aliphatic rings. The number of carbonyl (C=O) groups excluding carboxylic acids is 1. The van der Waals surface area contributed by atoms with Crippen LogP contribution >= 0.6 is 11.8 Å². The highest BCUT2D eigenvalue weighted by atomic mass is 32.2. The molecule has 4 rings (SSSR count). The van der Waals surface area contributed by atoms with E-state index in [1.165, 1.54) is 12.3 Å². The largest absolute Gasteiger partial charge is 0.482 e. The molecule has 186 valence electrons. The molecule has 7 nitrogen and oxygen atoms in total. The van der Waals surface area contributed by atoms with Crippen molar-refractivity contribution >= 4 is 17.7 Å². The summed E-state index contributed by atoms with van der Waals surface area (Å²) in [6, 6.07) is 18.9. The molecule has 8 heteroatoms. The molecule has 3 aromatic rings. The lowest BCUT2D eigenvalue weighted by atomic mass is 9.99. The topological polar surface area (TPSA) is 86.8 Å². The Hall–Kier alpha value is -3.54. The third-order valence-electron chi connectivity index (χ3n) is 6.18. The third kappa shape index (κ3) is 6.56. The Morgan fingerprint density at radius 3 is 2.56 bits per heavy atom. The summed E-state index contributed by atoms with van der Waals surface area (Å²) in [5, 5.41) is 9.31. The van der Waals surface area contributed by atoms with Crippen molar-refractivity contribution in [2.24, 2.45) is 0 Å². The van der Waals surface area contributed by atoms with Gasteiger partial charge in [0, 0.05) is 44.4 Å². The molecular weight excluding hydrogens is 474 g/mol. The second-order valence-electron chi connectivity index (χ2n) is 8.62. The highest BCUT2D eigenvalue weighted by molar-refractivity contribution is 7.98. The van der Waals surface area contributed by atoms with E-state index in [1.54, 1.807) is 17.8 Å². The van der Waals surface area contributed by atoms with Crippen LogP contribution in [-0.4, -0.2) is 53.9 Å². The molecule has 1 saturated heterocycles. The Kier molecular flexibility index (Phi) is 8.82. The van der Waals surface area contributed by atoms with Crippen molar-refractivity contribution in [1.29, 1.82) is 5.26 Å². The van der Waals surface area contributed by atoms with E-state index in [1.807, 2.05) is 53.6 Å². The van der Waals surface area contributed by atoms with Gasteiger partial charge in [-0.3, -0.25) is 14.5 Å². The van der Waals surface area contributed by atoms with E-state index in [-0.39, 0.29) is 23.7 Å². The number of nitriles is 1. The lowest BCUT2D eigenvalue weighted by Gasteiger charge is -2.34. The average Bonchev–Trinajstić information content (AvgIpc) is 2.92. The maximum absolute atomic E-state index is 12.6. The molecule has 0 spiro atoms. The average molecular weight is 504 g/mol. The Bertz CT molecular complexity index is 1270. The number of thioether (sulfide) groups is 1. The van der Waals surface area contributed by atoms with E-state index >= 15 is 0 Å². The van der Waals surface area contributed by atoms with Gasteiger partial charge in [-0.2, -0.15) is 17.0 Å². The van der Waals surface area contributed by atoms with Gasteiger partial charge in [0.05, 0.1) is 18.2 Å². The van der Waals surface area contributed by atoms with E-state index in [4.69, 9.17) is 9.15 Å². The highest BCUT2D eigenvalue weighted by Crippen LogP contribution is 2.24. The van der Waals surface area contributed by atoms with E-state index in [0.29, 0.717) is 37.4 Å². The van der Waals surface area contributed by atoms with Crippen LogP contribution in [0.15, 0.2) is 70.1 Å². The molecule has 1 aliphatic heterocycles. The van der Waals surface area contributed by atoms with Crippen molar-refractivity contribution in [3.8, 4) is 22.9 Å². The van der Waals surface area contributed by atoms with Crippen molar-refractivity contribution in [1.82, 2.24) is 9.80 Å². The number of ether oxygens (including phenoxy) is 1. The quantitative estimate of drug-likeness (QED) is 0.433. The Labute approximate surface area is 215 Å². The molecule has 1 aromatic heterocycles. The first-order valence-corrected chi connectivity index (χ1v) is 13.3. The summed E-state index contributed by atoms with van der Waals surface area (Å²) in [6.45, 7) is 3.65. The van der Waals surface area contributed by atoms with Gasteiger partial charge in [0.15, 0.2) is 0 Å². The van der Waals surface area contributed by atoms with E-state index < -0.39 is 0 Å². The number of hydrogen-bond donors (Lipinski definition) is 0. The Morgan fingerprint density at radius 1 is 1.11 bits per heavy atom. The number of benzene rings is 2. The van der Waals surface area contributed by atoms with E-state index in [9.17, 15) is 14.9 Å². The maximum Gasteiger partial charge on any atom is 0.227 e. The second kappa shape index (κ2) is 12.4. The van der Waals surface area contributed by atoms with Gasteiger partial charge >= 0.3 is 0 Å². The monoisotopic (exact) mass is 503 g/mol. The van der Waals surface area contributed by atoms with Crippen LogP contribution in [0.3, 0.4) is 0 Å². The molecule has 0 N–H and O–H groups in total. The first kappa shape index (κ1) is 25.5. The van der Waals surface area contributed by atoms with E-state index in [2.05, 4.69) is 11.0 Å². The number of piperazine rings is 1. The molecule has 36 heavy (non-hydrogen) atoms. The van der Waals surface area contributed by atoms with Gasteiger partial charge in [-0.25, -0.2) is 0 Å². The van der Waals surface area contributed by atoms with Crippen LogP contribution in [0, 0.1) is 11.3 Å². The molecule has 0 atom stereocenters. The van der Waals surface area contributed by atoms with Crippen molar-refractivity contribution in [2.75, 3.05) is 38.2 Å². The van der Waals surface area contributed by atoms with Crippen molar-refractivity contribution in [2.45, 2.75) is 19.6 Å². The van der Waals surface area contributed by atoms with Gasteiger partial charge in [-0.05, 0) is 29.0 Å². The zero-order valence-electron chi connectivity index (χ0n) is 20.3. The fraction of sp³-hybridized carbons (Fsp3) is 0.321. The molecular formula is C28H29N3O4S.